The molecule has 0 aromatic heterocycles. The summed E-state index contributed by atoms with van der Waals surface area (Å²) in [5.41, 5.74) is 0. The first-order chi connectivity index (χ1) is 0. The van der Waals surface area contributed by atoms with Crippen LogP contribution >= 0.6 is 0 Å². The van der Waals surface area contributed by atoms with Crippen molar-refractivity contribution < 1.29 is 73.4 Å². The van der Waals surface area contributed by atoms with Crippen LogP contribution in [0.4, 0.5) is 0 Å². The molecule has 4 heavy (non-hydrogen) atoms. The van der Waals surface area contributed by atoms with E-state index in [-0.39, 0.29) is 80.8 Å². The third kappa shape index (κ3) is 8.94. The second-order valence-corrected chi connectivity index (χ2v) is 0. The van der Waals surface area contributed by atoms with Crippen LogP contribution in [-0.4, -0.2) is 5.48 Å². The predicted octanol–water partition coefficient (Wildman–Crippen LogP) is -2.73. The predicted molar refractivity (Wildman–Crippen MR) is 8.35 cm³/mol. The van der Waals surface area contributed by atoms with Crippen LogP contribution in [0.25, 0.3) is 0 Å². The summed E-state index contributed by atoms with van der Waals surface area (Å²) in [5, 5.41) is 0. The van der Waals surface area contributed by atoms with Gasteiger partial charge in [-0.25, -0.2) is 0 Å². The number of hydrogen-bond donors (Lipinski definition) is 0. The van der Waals surface area contributed by atoms with Gasteiger partial charge >= 0.3 is 51.4 Å². The number of hydrogen-bond acceptors (Lipinski definition) is 1. The van der Waals surface area contributed by atoms with Crippen molar-refractivity contribution in [1.29, 1.82) is 0 Å². The minimum absolute atomic E-state index is 0. The molecule has 0 saturated heterocycles. The van der Waals surface area contributed by atoms with Crippen LogP contribution in [0.2, 0.25) is 0 Å². The Balaban J connectivity index is 0. The fraction of sp³-hybridized carbons (Fsp3) is 0. The molecule has 0 heterocycles. The second-order valence-electron chi connectivity index (χ2n) is 0. The van der Waals surface area contributed by atoms with E-state index < -0.39 is 0 Å². The van der Waals surface area contributed by atoms with Crippen LogP contribution in [0.15, 0.2) is 0 Å². The summed E-state index contributed by atoms with van der Waals surface area (Å²) < 4.78 is 0. The van der Waals surface area contributed by atoms with Gasteiger partial charge in [0, 0.05) is 16.5 Å². The van der Waals surface area contributed by atoms with E-state index in [1.165, 1.54) is 0 Å². The first-order valence-corrected chi connectivity index (χ1v) is 0. The molecule has 3 heteroatoms. The molecular weight excluding hydrogens is 126 g/mol. The van der Waals surface area contributed by atoms with Crippen LogP contribution in [0, 0.1) is 7.43 Å². The van der Waals surface area contributed by atoms with Gasteiger partial charge < -0.3 is 12.9 Å². The molecule has 0 aliphatic carbocycles. The van der Waals surface area contributed by atoms with Crippen LogP contribution < -0.4 is 51.4 Å². The quantitative estimate of drug-likeness (QED) is 0.258. The zero-order valence-electron chi connectivity index (χ0n) is 2.76. The zero-order valence-corrected chi connectivity index (χ0v) is 6.87. The standard InChI is InChI=1S/CH3.K.Ni.H2O/h1H3;;;1H2/q-1;+1;;/p-1. The minimum Gasteiger partial charge on any atom is -0.870 e. The van der Waals surface area contributed by atoms with E-state index in [4.69, 9.17) is 0 Å². The Morgan fingerprint density at radius 1 is 1.00 bits per heavy atom. The van der Waals surface area contributed by atoms with Crippen LogP contribution in [0.1, 0.15) is 0 Å². The summed E-state index contributed by atoms with van der Waals surface area (Å²) in [6.45, 7) is 0. The van der Waals surface area contributed by atoms with Crippen molar-refractivity contribution in [3.63, 3.8) is 0 Å². The maximum atomic E-state index is 0. The average molecular weight is 130 g/mol. The van der Waals surface area contributed by atoms with Gasteiger partial charge in [-0.05, 0) is 0 Å². The Morgan fingerprint density at radius 2 is 1.00 bits per heavy atom. The van der Waals surface area contributed by atoms with Crippen LogP contribution in [0.3, 0.4) is 0 Å². The maximum absolute atomic E-state index is 0. The summed E-state index contributed by atoms with van der Waals surface area (Å²) in [7, 11) is 0. The van der Waals surface area contributed by atoms with E-state index in [0.29, 0.717) is 0 Å². The summed E-state index contributed by atoms with van der Waals surface area (Å²) >= 11 is 0. The van der Waals surface area contributed by atoms with Crippen molar-refractivity contribution in [3.05, 3.63) is 7.43 Å². The normalized spacial score (nSPS) is 0. The summed E-state index contributed by atoms with van der Waals surface area (Å²) in [6, 6.07) is 0. The molecule has 0 spiro atoms. The molecule has 0 amide bonds. The monoisotopic (exact) mass is 129 g/mol. The van der Waals surface area contributed by atoms with Gasteiger partial charge in [-0.3, -0.25) is 0 Å². The van der Waals surface area contributed by atoms with Gasteiger partial charge in [-0.15, -0.1) is 0 Å². The second kappa shape index (κ2) is 19.5. The Labute approximate surface area is 79.2 Å². The topological polar surface area (TPSA) is 30.0 Å². The molecular formula is CH4KNiO-. The third-order valence-electron chi connectivity index (χ3n) is 0. The molecule has 0 aromatic rings. The van der Waals surface area contributed by atoms with E-state index in [2.05, 4.69) is 0 Å². The van der Waals surface area contributed by atoms with Crippen molar-refractivity contribution in [1.82, 2.24) is 0 Å². The van der Waals surface area contributed by atoms with E-state index in [9.17, 15) is 0 Å². The molecule has 0 fully saturated rings. The zero-order chi connectivity index (χ0) is 0. The Bertz CT molecular complexity index is 8.00. The van der Waals surface area contributed by atoms with Gasteiger partial charge in [0.05, 0.1) is 0 Å². The molecule has 0 aliphatic rings. The Kier molecular flexibility index (Phi) is 176. The largest absolute Gasteiger partial charge is 1.00 e. The fourth-order valence-electron chi connectivity index (χ4n) is 0. The molecule has 0 unspecified atom stereocenters. The molecule has 26 valence electrons. The van der Waals surface area contributed by atoms with E-state index in [0.717, 1.165) is 0 Å². The first kappa shape index (κ1) is 36.1. The summed E-state index contributed by atoms with van der Waals surface area (Å²) in [6.07, 6.45) is 0. The van der Waals surface area contributed by atoms with Gasteiger partial charge in [0.2, 0.25) is 0 Å². The van der Waals surface area contributed by atoms with Gasteiger partial charge in [0.25, 0.3) is 0 Å². The van der Waals surface area contributed by atoms with Gasteiger partial charge in [0.1, 0.15) is 0 Å². The van der Waals surface area contributed by atoms with E-state index >= 15 is 0 Å². The van der Waals surface area contributed by atoms with E-state index in [1.807, 2.05) is 0 Å². The smallest absolute Gasteiger partial charge is 0.870 e. The molecule has 1 nitrogen and oxygen atoms in total. The maximum Gasteiger partial charge on any atom is 1.00 e. The molecule has 0 rings (SSSR count). The molecule has 0 aromatic carbocycles. The molecule has 0 bridgehead atoms. The van der Waals surface area contributed by atoms with Crippen molar-refractivity contribution in [3.8, 4) is 0 Å². The number of rotatable bonds is 0. The van der Waals surface area contributed by atoms with Gasteiger partial charge in [0.15, 0.2) is 0 Å². The van der Waals surface area contributed by atoms with Crippen molar-refractivity contribution in [2.24, 2.45) is 0 Å². The summed E-state index contributed by atoms with van der Waals surface area (Å²) in [5.74, 6) is 0. The fourth-order valence-corrected chi connectivity index (χ4v) is 0. The molecule has 1 N–H and O–H groups in total. The van der Waals surface area contributed by atoms with Crippen molar-refractivity contribution in [2.45, 2.75) is 0 Å². The molecule has 0 atom stereocenters. The molecule has 0 saturated carbocycles. The molecule has 0 radical (unpaired) electrons. The van der Waals surface area contributed by atoms with Crippen LogP contribution in [0.5, 0.6) is 0 Å². The van der Waals surface area contributed by atoms with Gasteiger partial charge in [-0.2, -0.15) is 0 Å². The average Bonchev–Trinajstić information content (AvgIpc) is 0. The SMILES string of the molecule is [CH3-].[K+].[Ni].[OH-]. The minimum atomic E-state index is 0. The summed E-state index contributed by atoms with van der Waals surface area (Å²) in [4.78, 5) is 0. The van der Waals surface area contributed by atoms with E-state index in [1.54, 1.807) is 0 Å². The Hall–Kier alpha value is 2.09. The van der Waals surface area contributed by atoms with Crippen molar-refractivity contribution in [2.75, 3.05) is 0 Å². The molecule has 0 aliphatic heterocycles. The Morgan fingerprint density at radius 3 is 1.00 bits per heavy atom. The first-order valence-electron chi connectivity index (χ1n) is 0. The van der Waals surface area contributed by atoms with Crippen molar-refractivity contribution >= 4 is 0 Å². The van der Waals surface area contributed by atoms with Gasteiger partial charge in [-0.1, -0.05) is 0 Å². The van der Waals surface area contributed by atoms with Crippen LogP contribution in [-0.2, 0) is 16.5 Å². The third-order valence-corrected chi connectivity index (χ3v) is 0.